The SMILES string of the molecule is C=CCC(C)(Cl)C(=O)OC. The second-order valence-corrected chi connectivity index (χ2v) is 3.02. The Bertz CT molecular complexity index is 141. The lowest BCUT2D eigenvalue weighted by molar-refractivity contribution is -0.143. The van der Waals surface area contributed by atoms with Crippen molar-refractivity contribution in [2.24, 2.45) is 0 Å². The van der Waals surface area contributed by atoms with Crippen molar-refractivity contribution in [2.45, 2.75) is 18.2 Å². The largest absolute Gasteiger partial charge is 0.468 e. The molecule has 0 radical (unpaired) electrons. The summed E-state index contributed by atoms with van der Waals surface area (Å²) in [4.78, 5) is 9.87. The molecule has 58 valence electrons. The molecule has 1 atom stereocenters. The van der Waals surface area contributed by atoms with E-state index in [1.807, 2.05) is 0 Å². The maximum atomic E-state index is 10.8. The molecular weight excluding hydrogens is 152 g/mol. The average molecular weight is 163 g/mol. The van der Waals surface area contributed by atoms with Gasteiger partial charge in [-0.15, -0.1) is 18.2 Å². The number of hydrogen-bond acceptors (Lipinski definition) is 2. The fourth-order valence-electron chi connectivity index (χ4n) is 0.567. The summed E-state index contributed by atoms with van der Waals surface area (Å²) in [7, 11) is 1.31. The lowest BCUT2D eigenvalue weighted by Gasteiger charge is -2.15. The second kappa shape index (κ2) is 3.62. The highest BCUT2D eigenvalue weighted by Gasteiger charge is 2.29. The van der Waals surface area contributed by atoms with Crippen LogP contribution in [0, 0.1) is 0 Å². The first-order chi connectivity index (χ1) is 4.54. The number of carbonyl (C=O) groups excluding carboxylic acids is 1. The van der Waals surface area contributed by atoms with Gasteiger partial charge in [0.15, 0.2) is 0 Å². The number of halogens is 1. The molecule has 0 aromatic heterocycles. The van der Waals surface area contributed by atoms with E-state index in [9.17, 15) is 4.79 Å². The lowest BCUT2D eigenvalue weighted by Crippen LogP contribution is -2.29. The van der Waals surface area contributed by atoms with Crippen LogP contribution >= 0.6 is 11.6 Å². The molecule has 0 fully saturated rings. The van der Waals surface area contributed by atoms with E-state index in [-0.39, 0.29) is 0 Å². The van der Waals surface area contributed by atoms with Crippen molar-refractivity contribution in [2.75, 3.05) is 7.11 Å². The fraction of sp³-hybridized carbons (Fsp3) is 0.571. The van der Waals surface area contributed by atoms with Gasteiger partial charge in [0, 0.05) is 0 Å². The van der Waals surface area contributed by atoms with Crippen molar-refractivity contribution in [3.8, 4) is 0 Å². The van der Waals surface area contributed by atoms with Gasteiger partial charge >= 0.3 is 5.97 Å². The third-order valence-electron chi connectivity index (χ3n) is 1.14. The zero-order valence-corrected chi connectivity index (χ0v) is 6.94. The maximum Gasteiger partial charge on any atom is 0.326 e. The Hall–Kier alpha value is -0.500. The van der Waals surface area contributed by atoms with Gasteiger partial charge in [-0.2, -0.15) is 0 Å². The minimum absolute atomic E-state index is 0.418. The van der Waals surface area contributed by atoms with Crippen molar-refractivity contribution in [1.29, 1.82) is 0 Å². The molecule has 2 nitrogen and oxygen atoms in total. The predicted octanol–water partition coefficient (Wildman–Crippen LogP) is 1.73. The third kappa shape index (κ3) is 2.40. The molecule has 10 heavy (non-hydrogen) atoms. The van der Waals surface area contributed by atoms with Gasteiger partial charge in [0.25, 0.3) is 0 Å². The molecule has 0 aliphatic carbocycles. The van der Waals surface area contributed by atoms with Gasteiger partial charge in [0.05, 0.1) is 7.11 Å². The Morgan fingerprint density at radius 2 is 2.40 bits per heavy atom. The van der Waals surface area contributed by atoms with Crippen LogP contribution in [-0.4, -0.2) is 18.0 Å². The van der Waals surface area contributed by atoms with E-state index >= 15 is 0 Å². The molecule has 0 saturated heterocycles. The molecule has 0 aromatic carbocycles. The number of rotatable bonds is 3. The average Bonchev–Trinajstić information content (AvgIpc) is 1.86. The molecule has 0 N–H and O–H groups in total. The molecule has 0 aliphatic heterocycles. The summed E-state index contributed by atoms with van der Waals surface area (Å²) in [5.74, 6) is -0.422. The Balaban J connectivity index is 4.08. The van der Waals surface area contributed by atoms with Gasteiger partial charge in [-0.3, -0.25) is 4.79 Å². The summed E-state index contributed by atoms with van der Waals surface area (Å²) in [5, 5.41) is 0. The van der Waals surface area contributed by atoms with E-state index in [4.69, 9.17) is 11.6 Å². The van der Waals surface area contributed by atoms with E-state index < -0.39 is 10.8 Å². The van der Waals surface area contributed by atoms with Crippen molar-refractivity contribution in [3.63, 3.8) is 0 Å². The van der Waals surface area contributed by atoms with Crippen LogP contribution in [0.1, 0.15) is 13.3 Å². The van der Waals surface area contributed by atoms with Gasteiger partial charge < -0.3 is 4.74 Å². The Morgan fingerprint density at radius 1 is 1.90 bits per heavy atom. The Kier molecular flexibility index (Phi) is 3.43. The second-order valence-electron chi connectivity index (χ2n) is 2.18. The quantitative estimate of drug-likeness (QED) is 0.359. The zero-order valence-electron chi connectivity index (χ0n) is 6.19. The van der Waals surface area contributed by atoms with Gasteiger partial charge in [-0.1, -0.05) is 6.08 Å². The standard InChI is InChI=1S/C7H11ClO2/c1-4-5-7(2,8)6(9)10-3/h4H,1,5H2,2-3H3. The van der Waals surface area contributed by atoms with E-state index in [1.165, 1.54) is 7.11 Å². The first-order valence-corrected chi connectivity index (χ1v) is 3.30. The number of allylic oxidation sites excluding steroid dienone is 1. The highest BCUT2D eigenvalue weighted by atomic mass is 35.5. The smallest absolute Gasteiger partial charge is 0.326 e. The molecule has 0 spiro atoms. The van der Waals surface area contributed by atoms with Gasteiger partial charge in [0.1, 0.15) is 4.87 Å². The minimum Gasteiger partial charge on any atom is -0.468 e. The van der Waals surface area contributed by atoms with Crippen LogP contribution in [0.5, 0.6) is 0 Å². The van der Waals surface area contributed by atoms with Crippen molar-refractivity contribution in [3.05, 3.63) is 12.7 Å². The highest BCUT2D eigenvalue weighted by Crippen LogP contribution is 2.20. The molecular formula is C7H11ClO2. The molecule has 0 aromatic rings. The molecule has 0 aliphatic rings. The van der Waals surface area contributed by atoms with Gasteiger partial charge in [0.2, 0.25) is 0 Å². The Labute approximate surface area is 65.8 Å². The maximum absolute atomic E-state index is 10.8. The van der Waals surface area contributed by atoms with Crippen LogP contribution in [-0.2, 0) is 9.53 Å². The highest BCUT2D eigenvalue weighted by molar-refractivity contribution is 6.33. The number of hydrogen-bond donors (Lipinski definition) is 0. The summed E-state index contributed by atoms with van der Waals surface area (Å²) in [6.45, 7) is 5.07. The molecule has 0 saturated carbocycles. The molecule has 0 heterocycles. The van der Waals surface area contributed by atoms with Crippen molar-refractivity contribution < 1.29 is 9.53 Å². The number of ether oxygens (including phenoxy) is 1. The fourth-order valence-corrected chi connectivity index (χ4v) is 0.753. The summed E-state index contributed by atoms with van der Waals surface area (Å²) < 4.78 is 4.45. The summed E-state index contributed by atoms with van der Waals surface area (Å²) >= 11 is 5.74. The number of carbonyl (C=O) groups is 1. The topological polar surface area (TPSA) is 26.3 Å². The number of esters is 1. The van der Waals surface area contributed by atoms with Gasteiger partial charge in [-0.25, -0.2) is 0 Å². The third-order valence-corrected chi connectivity index (χ3v) is 1.45. The minimum atomic E-state index is -0.948. The van der Waals surface area contributed by atoms with E-state index in [2.05, 4.69) is 11.3 Å². The van der Waals surface area contributed by atoms with Crippen LogP contribution in [0.3, 0.4) is 0 Å². The van der Waals surface area contributed by atoms with Crippen molar-refractivity contribution in [1.82, 2.24) is 0 Å². The molecule has 0 bridgehead atoms. The normalized spacial score (nSPS) is 15.5. The Morgan fingerprint density at radius 3 is 2.70 bits per heavy atom. The van der Waals surface area contributed by atoms with Crippen LogP contribution < -0.4 is 0 Å². The molecule has 0 rings (SSSR count). The summed E-state index contributed by atoms with van der Waals surface area (Å²) in [6, 6.07) is 0. The molecule has 1 unspecified atom stereocenters. The van der Waals surface area contributed by atoms with Crippen LogP contribution in [0.2, 0.25) is 0 Å². The van der Waals surface area contributed by atoms with Crippen LogP contribution in [0.25, 0.3) is 0 Å². The van der Waals surface area contributed by atoms with E-state index in [0.717, 1.165) is 0 Å². The predicted molar refractivity (Wildman–Crippen MR) is 41.1 cm³/mol. The summed E-state index contributed by atoms with van der Waals surface area (Å²) in [5.41, 5.74) is 0. The monoisotopic (exact) mass is 162 g/mol. The number of methoxy groups -OCH3 is 1. The molecule has 3 heteroatoms. The summed E-state index contributed by atoms with van der Waals surface area (Å²) in [6.07, 6.45) is 2.01. The van der Waals surface area contributed by atoms with Crippen molar-refractivity contribution >= 4 is 17.6 Å². The first kappa shape index (κ1) is 9.50. The van der Waals surface area contributed by atoms with Crippen LogP contribution in [0.15, 0.2) is 12.7 Å². The number of alkyl halides is 1. The van der Waals surface area contributed by atoms with Crippen LogP contribution in [0.4, 0.5) is 0 Å². The first-order valence-electron chi connectivity index (χ1n) is 2.93. The zero-order chi connectivity index (χ0) is 8.20. The lowest BCUT2D eigenvalue weighted by atomic mass is 10.1. The van der Waals surface area contributed by atoms with E-state index in [0.29, 0.717) is 6.42 Å². The molecule has 0 amide bonds. The van der Waals surface area contributed by atoms with Gasteiger partial charge in [-0.05, 0) is 13.3 Å². The van der Waals surface area contributed by atoms with E-state index in [1.54, 1.807) is 13.0 Å².